The Kier molecular flexibility index (Phi) is 4.68. The summed E-state index contributed by atoms with van der Waals surface area (Å²) < 4.78 is 0. The minimum atomic E-state index is 0.0802. The molecule has 1 aromatic rings. The third kappa shape index (κ3) is 3.45. The van der Waals surface area contributed by atoms with Crippen LogP contribution in [-0.4, -0.2) is 16.8 Å². The fourth-order valence-corrected chi connectivity index (χ4v) is 2.25. The molecule has 0 bridgehead atoms. The van der Waals surface area contributed by atoms with E-state index in [1.54, 1.807) is 11.8 Å². The fraction of sp³-hybridized carbons (Fsp3) is 0.417. The third-order valence-corrected chi connectivity index (χ3v) is 3.85. The van der Waals surface area contributed by atoms with Crippen LogP contribution in [0.4, 0.5) is 0 Å². The highest BCUT2D eigenvalue weighted by Gasteiger charge is 2.08. The van der Waals surface area contributed by atoms with E-state index in [2.05, 4.69) is 37.2 Å². The van der Waals surface area contributed by atoms with Crippen LogP contribution < -0.4 is 5.73 Å². The Balaban J connectivity index is 2.58. The van der Waals surface area contributed by atoms with E-state index in [9.17, 15) is 0 Å². The molecule has 1 unspecified atom stereocenters. The number of benzene rings is 1. The average Bonchev–Trinajstić information content (AvgIpc) is 2.29. The number of rotatable bonds is 4. The number of hydrogen-bond donors (Lipinski definition) is 2. The third-order valence-electron chi connectivity index (χ3n) is 2.60. The summed E-state index contributed by atoms with van der Waals surface area (Å²) in [4.78, 5) is 1.22. The van der Waals surface area contributed by atoms with Gasteiger partial charge < -0.3 is 10.9 Å². The molecule has 0 aromatic heterocycles. The van der Waals surface area contributed by atoms with Crippen molar-refractivity contribution in [3.8, 4) is 0 Å². The highest BCUT2D eigenvalue weighted by Crippen LogP contribution is 2.23. The van der Waals surface area contributed by atoms with Crippen molar-refractivity contribution in [2.75, 3.05) is 5.75 Å². The lowest BCUT2D eigenvalue weighted by molar-refractivity contribution is 0.315. The molecule has 0 saturated heterocycles. The summed E-state index contributed by atoms with van der Waals surface area (Å²) in [6, 6.07) is 6.39. The molecule has 0 spiro atoms. The van der Waals surface area contributed by atoms with Gasteiger partial charge >= 0.3 is 0 Å². The number of hydrogen-bond acceptors (Lipinski definition) is 3. The Hall–Kier alpha value is -1.16. The molecule has 1 rings (SSSR count). The lowest BCUT2D eigenvalue weighted by Gasteiger charge is -2.09. The van der Waals surface area contributed by atoms with Gasteiger partial charge in [0.2, 0.25) is 0 Å². The topological polar surface area (TPSA) is 58.6 Å². The van der Waals surface area contributed by atoms with E-state index in [0.717, 1.165) is 5.75 Å². The van der Waals surface area contributed by atoms with Crippen LogP contribution in [0.3, 0.4) is 0 Å². The van der Waals surface area contributed by atoms with Crippen LogP contribution in [-0.2, 0) is 0 Å². The molecule has 3 N–H and O–H groups in total. The van der Waals surface area contributed by atoms with Crippen molar-refractivity contribution in [3.63, 3.8) is 0 Å². The summed E-state index contributed by atoms with van der Waals surface area (Å²) in [6.07, 6.45) is 0. The van der Waals surface area contributed by atoms with E-state index >= 15 is 0 Å². The van der Waals surface area contributed by atoms with Crippen molar-refractivity contribution in [2.24, 2.45) is 16.8 Å². The zero-order valence-corrected chi connectivity index (χ0v) is 10.7. The van der Waals surface area contributed by atoms with Gasteiger partial charge in [-0.15, -0.1) is 11.8 Å². The predicted molar refractivity (Wildman–Crippen MR) is 69.2 cm³/mol. The second kappa shape index (κ2) is 5.80. The zero-order valence-electron chi connectivity index (χ0n) is 9.90. The Labute approximate surface area is 101 Å². The smallest absolute Gasteiger partial charge is 0.142 e. The van der Waals surface area contributed by atoms with E-state index in [-0.39, 0.29) is 11.8 Å². The first kappa shape index (κ1) is 12.9. The van der Waals surface area contributed by atoms with E-state index in [4.69, 9.17) is 10.9 Å². The lowest BCUT2D eigenvalue weighted by Crippen LogP contribution is -2.22. The van der Waals surface area contributed by atoms with E-state index in [1.165, 1.54) is 16.0 Å². The van der Waals surface area contributed by atoms with Gasteiger partial charge in [-0.05, 0) is 37.1 Å². The zero-order chi connectivity index (χ0) is 12.1. The maximum absolute atomic E-state index is 8.54. The Bertz CT molecular complexity index is 391. The van der Waals surface area contributed by atoms with E-state index in [0.29, 0.717) is 0 Å². The largest absolute Gasteiger partial charge is 0.409 e. The molecule has 0 amide bonds. The first-order valence-electron chi connectivity index (χ1n) is 5.22. The molecule has 0 saturated carbocycles. The summed E-state index contributed by atoms with van der Waals surface area (Å²) in [5, 5.41) is 11.6. The summed E-state index contributed by atoms with van der Waals surface area (Å²) >= 11 is 1.72. The van der Waals surface area contributed by atoms with Gasteiger partial charge in [0.25, 0.3) is 0 Å². The van der Waals surface area contributed by atoms with Gasteiger partial charge in [-0.1, -0.05) is 18.1 Å². The number of oxime groups is 1. The van der Waals surface area contributed by atoms with Gasteiger partial charge in [-0.3, -0.25) is 0 Å². The van der Waals surface area contributed by atoms with Gasteiger partial charge in [0.05, 0.1) is 0 Å². The Morgan fingerprint density at radius 2 is 2.12 bits per heavy atom. The molecule has 1 atom stereocenters. The Morgan fingerprint density at radius 1 is 1.44 bits per heavy atom. The molecule has 3 nitrogen and oxygen atoms in total. The van der Waals surface area contributed by atoms with Crippen molar-refractivity contribution in [2.45, 2.75) is 25.7 Å². The molecular formula is C12H18N2OS. The summed E-state index contributed by atoms with van der Waals surface area (Å²) in [7, 11) is 0. The van der Waals surface area contributed by atoms with Crippen molar-refractivity contribution in [1.82, 2.24) is 0 Å². The van der Waals surface area contributed by atoms with Crippen LogP contribution in [0.5, 0.6) is 0 Å². The molecule has 1 aromatic carbocycles. The molecule has 0 heterocycles. The highest BCUT2D eigenvalue weighted by molar-refractivity contribution is 7.99. The molecule has 4 heteroatoms. The van der Waals surface area contributed by atoms with Crippen LogP contribution >= 0.6 is 11.8 Å². The molecule has 0 fully saturated rings. The summed E-state index contributed by atoms with van der Waals surface area (Å²) in [5.41, 5.74) is 8.11. The second-order valence-electron chi connectivity index (χ2n) is 3.98. The molecule has 0 radical (unpaired) electrons. The lowest BCUT2D eigenvalue weighted by atomic mass is 10.1. The van der Waals surface area contributed by atoms with Crippen molar-refractivity contribution < 1.29 is 5.21 Å². The highest BCUT2D eigenvalue weighted by atomic mass is 32.2. The van der Waals surface area contributed by atoms with E-state index in [1.807, 2.05) is 6.92 Å². The molecule has 0 aliphatic carbocycles. The normalized spacial score (nSPS) is 13.8. The average molecular weight is 238 g/mol. The van der Waals surface area contributed by atoms with Crippen LogP contribution in [0.15, 0.2) is 28.3 Å². The minimum Gasteiger partial charge on any atom is -0.409 e. The van der Waals surface area contributed by atoms with Gasteiger partial charge in [0.1, 0.15) is 5.84 Å². The quantitative estimate of drug-likeness (QED) is 0.279. The fourth-order valence-electron chi connectivity index (χ4n) is 1.21. The maximum atomic E-state index is 8.54. The van der Waals surface area contributed by atoms with Gasteiger partial charge in [0.15, 0.2) is 0 Å². The van der Waals surface area contributed by atoms with Gasteiger partial charge in [-0.2, -0.15) is 0 Å². The van der Waals surface area contributed by atoms with Crippen molar-refractivity contribution >= 4 is 17.6 Å². The van der Waals surface area contributed by atoms with Crippen LogP contribution in [0.2, 0.25) is 0 Å². The first-order valence-corrected chi connectivity index (χ1v) is 6.20. The number of thioether (sulfide) groups is 1. The number of aryl methyl sites for hydroxylation is 2. The molecule has 0 aliphatic heterocycles. The summed E-state index contributed by atoms with van der Waals surface area (Å²) in [6.45, 7) is 6.15. The van der Waals surface area contributed by atoms with Crippen LogP contribution in [0, 0.1) is 19.8 Å². The number of nitrogens with zero attached hydrogens (tertiary/aromatic N) is 1. The van der Waals surface area contributed by atoms with Crippen molar-refractivity contribution in [1.29, 1.82) is 0 Å². The van der Waals surface area contributed by atoms with Gasteiger partial charge in [0, 0.05) is 16.6 Å². The molecule has 0 aliphatic rings. The predicted octanol–water partition coefficient (Wildman–Crippen LogP) is 2.78. The number of nitrogens with two attached hydrogens (primary N) is 1. The van der Waals surface area contributed by atoms with Gasteiger partial charge in [-0.25, -0.2) is 0 Å². The first-order chi connectivity index (χ1) is 7.54. The Morgan fingerprint density at radius 3 is 2.69 bits per heavy atom. The molecule has 88 valence electrons. The molecule has 16 heavy (non-hydrogen) atoms. The van der Waals surface area contributed by atoms with Crippen molar-refractivity contribution in [3.05, 3.63) is 29.3 Å². The van der Waals surface area contributed by atoms with Crippen LogP contribution in [0.25, 0.3) is 0 Å². The monoisotopic (exact) mass is 238 g/mol. The standard InChI is InChI=1S/C12H18N2OS/c1-8-4-5-11(6-9(8)2)16-7-10(3)12(13)14-15/h4-6,10,15H,7H2,1-3H3,(H2,13,14). The van der Waals surface area contributed by atoms with Crippen LogP contribution in [0.1, 0.15) is 18.1 Å². The second-order valence-corrected chi connectivity index (χ2v) is 5.08. The SMILES string of the molecule is Cc1ccc(SCC(C)/C(N)=N/O)cc1C. The minimum absolute atomic E-state index is 0.0802. The maximum Gasteiger partial charge on any atom is 0.142 e. The van der Waals surface area contributed by atoms with E-state index < -0.39 is 0 Å². The summed E-state index contributed by atoms with van der Waals surface area (Å²) in [5.74, 6) is 1.19. The number of amidine groups is 1. The molecular weight excluding hydrogens is 220 g/mol.